The summed E-state index contributed by atoms with van der Waals surface area (Å²) in [6, 6.07) is 2.38. The fourth-order valence-electron chi connectivity index (χ4n) is 4.27. The molecule has 2 fully saturated rings. The smallest absolute Gasteiger partial charge is 0.326 e. The third kappa shape index (κ3) is 2.68. The van der Waals surface area contributed by atoms with Gasteiger partial charge >= 0.3 is 6.18 Å². The maximum absolute atomic E-state index is 13.2. The van der Waals surface area contributed by atoms with Crippen LogP contribution in [0.3, 0.4) is 0 Å². The van der Waals surface area contributed by atoms with E-state index in [9.17, 15) is 26.4 Å². The van der Waals surface area contributed by atoms with E-state index < -0.39 is 27.2 Å². The first-order valence-electron chi connectivity index (χ1n) is 10.3. The van der Waals surface area contributed by atoms with E-state index in [4.69, 9.17) is 0 Å². The van der Waals surface area contributed by atoms with E-state index in [0.29, 0.717) is 18.7 Å². The minimum absolute atomic E-state index is 0.00627. The number of carbonyl (C=O) groups is 1. The van der Waals surface area contributed by atoms with E-state index in [1.165, 1.54) is 22.2 Å². The number of anilines is 1. The molecule has 1 spiro atoms. The molecule has 1 saturated heterocycles. The molecule has 0 N–H and O–H groups in total. The summed E-state index contributed by atoms with van der Waals surface area (Å²) >= 11 is 0. The lowest BCUT2D eigenvalue weighted by atomic mass is 10.3. The van der Waals surface area contributed by atoms with E-state index in [-0.39, 0.29) is 44.8 Å². The number of nitrogens with zero attached hydrogens (tertiary/aromatic N) is 7. The highest BCUT2D eigenvalue weighted by atomic mass is 32.2. The van der Waals surface area contributed by atoms with Crippen molar-refractivity contribution in [2.24, 2.45) is 7.05 Å². The van der Waals surface area contributed by atoms with Gasteiger partial charge in [-0.2, -0.15) is 22.8 Å². The highest BCUT2D eigenvalue weighted by Gasteiger charge is 2.72. The number of amides is 1. The zero-order valence-electron chi connectivity index (χ0n) is 17.8. The van der Waals surface area contributed by atoms with E-state index in [1.807, 2.05) is 0 Å². The SMILES string of the molecule is CCS(=O)(=O)c1nn2c(N3C(=O)C34CC4)ccnc2c1-c1nc2cc(C(F)(F)F)ncc2n1C. The zero-order chi connectivity index (χ0) is 24.2. The van der Waals surface area contributed by atoms with Gasteiger partial charge in [0.05, 0.1) is 23.0 Å². The maximum Gasteiger partial charge on any atom is 0.433 e. The van der Waals surface area contributed by atoms with Crippen LogP contribution in [0.1, 0.15) is 25.5 Å². The second-order valence-corrected chi connectivity index (χ2v) is 10.5. The monoisotopic (exact) mass is 491 g/mol. The Hall–Kier alpha value is -3.55. The second kappa shape index (κ2) is 6.31. The van der Waals surface area contributed by atoms with Crippen molar-refractivity contribution in [3.05, 3.63) is 30.2 Å². The normalized spacial score (nSPS) is 17.3. The minimum Gasteiger partial charge on any atom is -0.326 e. The van der Waals surface area contributed by atoms with Gasteiger partial charge in [0.2, 0.25) is 0 Å². The van der Waals surface area contributed by atoms with Crippen molar-refractivity contribution in [3.8, 4) is 11.4 Å². The molecule has 0 aromatic carbocycles. The number of sulfone groups is 1. The number of hydrogen-bond donors (Lipinski definition) is 0. The van der Waals surface area contributed by atoms with Gasteiger partial charge in [0.25, 0.3) is 5.91 Å². The molecule has 0 unspecified atom stereocenters. The number of alkyl halides is 3. The van der Waals surface area contributed by atoms with Crippen molar-refractivity contribution < 1.29 is 26.4 Å². The van der Waals surface area contributed by atoms with Crippen molar-refractivity contribution in [3.63, 3.8) is 0 Å². The average Bonchev–Trinajstić information content (AvgIpc) is 3.59. The van der Waals surface area contributed by atoms with Gasteiger partial charge in [-0.1, -0.05) is 6.92 Å². The molecule has 0 bridgehead atoms. The highest BCUT2D eigenvalue weighted by molar-refractivity contribution is 7.91. The van der Waals surface area contributed by atoms with Crippen molar-refractivity contribution in [1.29, 1.82) is 0 Å². The predicted molar refractivity (Wildman–Crippen MR) is 113 cm³/mol. The van der Waals surface area contributed by atoms with Crippen LogP contribution in [0.2, 0.25) is 0 Å². The molecule has 5 heterocycles. The van der Waals surface area contributed by atoms with E-state index in [1.54, 1.807) is 18.0 Å². The third-order valence-corrected chi connectivity index (χ3v) is 7.99. The summed E-state index contributed by atoms with van der Waals surface area (Å²) in [5.41, 5.74) is -1.20. The molecule has 0 atom stereocenters. The predicted octanol–water partition coefficient (Wildman–Crippen LogP) is 2.37. The molecule has 34 heavy (non-hydrogen) atoms. The Morgan fingerprint density at radius 2 is 1.94 bits per heavy atom. The van der Waals surface area contributed by atoms with Crippen LogP contribution in [-0.2, 0) is 27.9 Å². The van der Waals surface area contributed by atoms with Crippen LogP contribution in [0.25, 0.3) is 28.1 Å². The number of imidazole rings is 1. The first kappa shape index (κ1) is 21.0. The molecule has 10 nitrogen and oxygen atoms in total. The molecule has 2 aliphatic rings. The number of carbonyl (C=O) groups excluding carboxylic acids is 1. The topological polar surface area (TPSA) is 115 Å². The summed E-state index contributed by atoms with van der Waals surface area (Å²) in [7, 11) is -2.35. The van der Waals surface area contributed by atoms with Crippen LogP contribution in [0, 0.1) is 0 Å². The summed E-state index contributed by atoms with van der Waals surface area (Å²) in [5.74, 6) is 0.118. The summed E-state index contributed by atoms with van der Waals surface area (Å²) in [4.78, 5) is 26.0. The molecule has 6 rings (SSSR count). The van der Waals surface area contributed by atoms with Crippen LogP contribution in [0.15, 0.2) is 29.6 Å². The molecular formula is C20H16F3N7O3S. The Morgan fingerprint density at radius 1 is 1.21 bits per heavy atom. The molecule has 176 valence electrons. The quantitative estimate of drug-likeness (QED) is 0.403. The van der Waals surface area contributed by atoms with Crippen LogP contribution in [0.5, 0.6) is 0 Å². The first-order chi connectivity index (χ1) is 16.0. The summed E-state index contributed by atoms with van der Waals surface area (Å²) in [5, 5.41) is 4.00. The third-order valence-electron chi connectivity index (χ3n) is 6.35. The van der Waals surface area contributed by atoms with Gasteiger partial charge in [-0.3, -0.25) is 9.69 Å². The molecule has 1 aliphatic carbocycles. The Labute approximate surface area is 190 Å². The van der Waals surface area contributed by atoms with Gasteiger partial charge in [-0.25, -0.2) is 23.4 Å². The zero-order valence-corrected chi connectivity index (χ0v) is 18.6. The van der Waals surface area contributed by atoms with Gasteiger partial charge in [0.15, 0.2) is 20.5 Å². The Morgan fingerprint density at radius 3 is 2.56 bits per heavy atom. The average molecular weight is 491 g/mol. The molecule has 0 radical (unpaired) electrons. The van der Waals surface area contributed by atoms with Gasteiger partial charge in [0.1, 0.15) is 28.4 Å². The van der Waals surface area contributed by atoms with Crippen LogP contribution in [0.4, 0.5) is 19.0 Å². The number of hydrogen-bond acceptors (Lipinski definition) is 7. The Balaban J connectivity index is 1.64. The van der Waals surface area contributed by atoms with Gasteiger partial charge in [-0.05, 0) is 25.0 Å². The van der Waals surface area contributed by atoms with E-state index >= 15 is 0 Å². The van der Waals surface area contributed by atoms with E-state index in [0.717, 1.165) is 12.3 Å². The lowest BCUT2D eigenvalue weighted by Crippen LogP contribution is -2.08. The summed E-state index contributed by atoms with van der Waals surface area (Å²) in [6.45, 7) is 1.46. The van der Waals surface area contributed by atoms with Crippen molar-refractivity contribution in [2.45, 2.75) is 36.5 Å². The number of rotatable bonds is 4. The molecule has 1 saturated carbocycles. The Kier molecular flexibility index (Phi) is 3.90. The second-order valence-electron chi connectivity index (χ2n) is 8.34. The lowest BCUT2D eigenvalue weighted by Gasteiger charge is -2.06. The number of halogens is 3. The Bertz CT molecular complexity index is 1650. The summed E-state index contributed by atoms with van der Waals surface area (Å²) in [6.07, 6.45) is -0.760. The fourth-order valence-corrected chi connectivity index (χ4v) is 5.25. The van der Waals surface area contributed by atoms with Gasteiger partial charge < -0.3 is 4.57 Å². The van der Waals surface area contributed by atoms with Crippen LogP contribution in [-0.4, -0.2) is 54.7 Å². The lowest BCUT2D eigenvalue weighted by molar-refractivity contribution is -0.141. The van der Waals surface area contributed by atoms with E-state index in [2.05, 4.69) is 20.1 Å². The molecule has 1 aliphatic heterocycles. The van der Waals surface area contributed by atoms with Crippen molar-refractivity contribution >= 4 is 38.2 Å². The first-order valence-corrected chi connectivity index (χ1v) is 12.0. The highest BCUT2D eigenvalue weighted by Crippen LogP contribution is 2.57. The molecule has 4 aromatic heterocycles. The van der Waals surface area contributed by atoms with Gasteiger partial charge in [-0.15, -0.1) is 0 Å². The van der Waals surface area contributed by atoms with Crippen LogP contribution >= 0.6 is 0 Å². The molecule has 1 amide bonds. The summed E-state index contributed by atoms with van der Waals surface area (Å²) < 4.78 is 68.2. The maximum atomic E-state index is 13.2. The number of aryl methyl sites for hydroxylation is 1. The molecule has 4 aromatic rings. The largest absolute Gasteiger partial charge is 0.433 e. The number of fused-ring (bicyclic) bond motifs is 2. The number of aromatic nitrogens is 6. The standard InChI is InChI=1S/C20H16F3N7O3S/c1-3-34(32,33)17-14(16-26-10-8-12(20(21,22)23)25-9-11(10)28(16)2)15-24-7-4-13(30(15)27-17)29-18(31)19(29)5-6-19/h4,7-9H,3,5-6H2,1-2H3. The van der Waals surface area contributed by atoms with Crippen molar-refractivity contribution in [2.75, 3.05) is 10.7 Å². The minimum atomic E-state index is -4.66. The molecule has 14 heteroatoms. The van der Waals surface area contributed by atoms with Crippen LogP contribution < -0.4 is 4.90 Å². The molecular weight excluding hydrogens is 475 g/mol. The van der Waals surface area contributed by atoms with Crippen molar-refractivity contribution in [1.82, 2.24) is 29.1 Å². The fraction of sp³-hybridized carbons (Fsp3) is 0.350. The van der Waals surface area contributed by atoms with Gasteiger partial charge in [0, 0.05) is 13.2 Å². The number of pyridine rings is 1.